The first kappa shape index (κ1) is 23.5. The molecule has 0 aliphatic rings. The summed E-state index contributed by atoms with van der Waals surface area (Å²) < 4.78 is 0. The van der Waals surface area contributed by atoms with Gasteiger partial charge in [0.05, 0.1) is 16.5 Å². The number of amides is 2. The molecule has 2 aromatic rings. The Balaban J connectivity index is 2.21. The van der Waals surface area contributed by atoms with Gasteiger partial charge in [-0.15, -0.1) is 0 Å². The molecule has 0 saturated carbocycles. The van der Waals surface area contributed by atoms with E-state index in [2.05, 4.69) is 12.2 Å². The molecule has 0 fully saturated rings. The lowest BCUT2D eigenvalue weighted by molar-refractivity contribution is -0.140. The van der Waals surface area contributed by atoms with Gasteiger partial charge in [0.1, 0.15) is 6.04 Å². The van der Waals surface area contributed by atoms with Gasteiger partial charge < -0.3 is 10.2 Å². The molecule has 0 unspecified atom stereocenters. The molecule has 1 atom stereocenters. The Morgan fingerprint density at radius 2 is 1.79 bits per heavy atom. The van der Waals surface area contributed by atoms with Crippen LogP contribution in [0.3, 0.4) is 0 Å². The van der Waals surface area contributed by atoms with Crippen LogP contribution in [-0.2, 0) is 22.6 Å². The number of hydrogen-bond acceptors (Lipinski definition) is 2. The van der Waals surface area contributed by atoms with E-state index in [-0.39, 0.29) is 24.8 Å². The molecule has 0 radical (unpaired) electrons. The van der Waals surface area contributed by atoms with Gasteiger partial charge in [-0.3, -0.25) is 9.59 Å². The van der Waals surface area contributed by atoms with Crippen LogP contribution in [-0.4, -0.2) is 29.3 Å². The first-order chi connectivity index (χ1) is 13.8. The summed E-state index contributed by atoms with van der Waals surface area (Å²) in [5, 5.41) is 4.31. The number of nitrogens with zero attached hydrogens (tertiary/aromatic N) is 1. The summed E-state index contributed by atoms with van der Waals surface area (Å²) in [6.45, 7) is 4.62. The second-order valence-electron chi connectivity index (χ2n) is 6.90. The molecule has 2 aromatic carbocycles. The fourth-order valence-electron chi connectivity index (χ4n) is 2.88. The lowest BCUT2D eigenvalue weighted by Crippen LogP contribution is -2.48. The smallest absolute Gasteiger partial charge is 0.242 e. The van der Waals surface area contributed by atoms with E-state index in [1.165, 1.54) is 0 Å². The van der Waals surface area contributed by atoms with Gasteiger partial charge in [0.25, 0.3) is 0 Å². The Morgan fingerprint density at radius 3 is 2.45 bits per heavy atom. The van der Waals surface area contributed by atoms with Crippen LogP contribution in [0, 0.1) is 0 Å². The minimum absolute atomic E-state index is 0.147. The van der Waals surface area contributed by atoms with E-state index in [0.29, 0.717) is 21.6 Å². The van der Waals surface area contributed by atoms with Gasteiger partial charge in [0.2, 0.25) is 11.8 Å². The summed E-state index contributed by atoms with van der Waals surface area (Å²) in [6.07, 6.45) is 2.02. The predicted octanol–water partition coefficient (Wildman–Crippen LogP) is 5.52. The molecule has 2 amide bonds. The summed E-state index contributed by atoms with van der Waals surface area (Å²) in [4.78, 5) is 27.3. The monoisotopic (exact) mass is 454 g/mol. The molecule has 2 rings (SSSR count). The van der Waals surface area contributed by atoms with Crippen molar-refractivity contribution in [2.75, 3.05) is 6.54 Å². The highest BCUT2D eigenvalue weighted by Crippen LogP contribution is 2.24. The molecule has 29 heavy (non-hydrogen) atoms. The number of unbranched alkanes of at least 4 members (excludes halogenated alkanes) is 1. The van der Waals surface area contributed by atoms with Crippen LogP contribution < -0.4 is 5.32 Å². The molecule has 0 spiro atoms. The van der Waals surface area contributed by atoms with Crippen LogP contribution in [0.4, 0.5) is 0 Å². The van der Waals surface area contributed by atoms with Crippen LogP contribution in [0.5, 0.6) is 0 Å². The van der Waals surface area contributed by atoms with Gasteiger partial charge in [-0.1, -0.05) is 66.3 Å². The van der Waals surface area contributed by atoms with Gasteiger partial charge in [-0.25, -0.2) is 0 Å². The van der Waals surface area contributed by atoms with Crippen molar-refractivity contribution in [3.63, 3.8) is 0 Å². The lowest BCUT2D eigenvalue weighted by Gasteiger charge is -2.29. The van der Waals surface area contributed by atoms with Gasteiger partial charge in [0, 0.05) is 18.1 Å². The number of benzene rings is 2. The van der Waals surface area contributed by atoms with E-state index in [1.54, 1.807) is 48.2 Å². The molecule has 4 nitrogen and oxygen atoms in total. The zero-order valence-corrected chi connectivity index (χ0v) is 18.8. The molecule has 156 valence electrons. The van der Waals surface area contributed by atoms with Crippen molar-refractivity contribution in [2.45, 2.75) is 45.7 Å². The molecular formula is C22H25Cl3N2O2. The lowest BCUT2D eigenvalue weighted by atomic mass is 10.1. The third-order valence-corrected chi connectivity index (χ3v) is 5.55. The standard InChI is InChI=1S/C22H25Cl3N2O2/c1-3-4-10-26-22(29)15(2)27(14-17-8-9-19(24)20(25)12-17)21(28)13-16-6-5-7-18(23)11-16/h5-9,11-12,15H,3-4,10,13-14H2,1-2H3,(H,26,29)/t15-/m0/s1. The minimum Gasteiger partial charge on any atom is -0.354 e. The van der Waals surface area contributed by atoms with Gasteiger partial charge in [-0.05, 0) is 48.7 Å². The largest absolute Gasteiger partial charge is 0.354 e. The summed E-state index contributed by atoms with van der Waals surface area (Å²) in [5.41, 5.74) is 1.59. The molecular weight excluding hydrogens is 431 g/mol. The zero-order chi connectivity index (χ0) is 21.4. The summed E-state index contributed by atoms with van der Waals surface area (Å²) >= 11 is 18.2. The predicted molar refractivity (Wildman–Crippen MR) is 120 cm³/mol. The van der Waals surface area contributed by atoms with E-state index < -0.39 is 6.04 Å². The maximum Gasteiger partial charge on any atom is 0.242 e. The van der Waals surface area contributed by atoms with Gasteiger partial charge in [0.15, 0.2) is 0 Å². The molecule has 0 aliphatic heterocycles. The normalized spacial score (nSPS) is 11.8. The maximum absolute atomic E-state index is 13.1. The topological polar surface area (TPSA) is 49.4 Å². The van der Waals surface area contributed by atoms with Gasteiger partial charge >= 0.3 is 0 Å². The van der Waals surface area contributed by atoms with E-state index in [4.69, 9.17) is 34.8 Å². The van der Waals surface area contributed by atoms with E-state index >= 15 is 0 Å². The molecule has 0 heterocycles. The van der Waals surface area contributed by atoms with Crippen molar-refractivity contribution in [2.24, 2.45) is 0 Å². The second kappa shape index (κ2) is 11.4. The Kier molecular flexibility index (Phi) is 9.28. The number of carbonyl (C=O) groups is 2. The molecule has 0 aliphatic carbocycles. The summed E-state index contributed by atoms with van der Waals surface area (Å²) in [6, 6.07) is 11.7. The molecule has 0 aromatic heterocycles. The van der Waals surface area contributed by atoms with Crippen molar-refractivity contribution < 1.29 is 9.59 Å². The van der Waals surface area contributed by atoms with Crippen molar-refractivity contribution in [3.8, 4) is 0 Å². The SMILES string of the molecule is CCCCNC(=O)[C@H](C)N(Cc1ccc(Cl)c(Cl)c1)C(=O)Cc1cccc(Cl)c1. The molecule has 7 heteroatoms. The van der Waals surface area contributed by atoms with E-state index in [0.717, 1.165) is 24.0 Å². The first-order valence-corrected chi connectivity index (χ1v) is 10.7. The molecule has 1 N–H and O–H groups in total. The Bertz CT molecular complexity index is 858. The zero-order valence-electron chi connectivity index (χ0n) is 16.6. The average molecular weight is 456 g/mol. The molecule has 0 saturated heterocycles. The Morgan fingerprint density at radius 1 is 1.03 bits per heavy atom. The quantitative estimate of drug-likeness (QED) is 0.506. The number of hydrogen-bond donors (Lipinski definition) is 1. The highest BCUT2D eigenvalue weighted by atomic mass is 35.5. The fourth-order valence-corrected chi connectivity index (χ4v) is 3.41. The van der Waals surface area contributed by atoms with Gasteiger partial charge in [-0.2, -0.15) is 0 Å². The number of carbonyl (C=O) groups excluding carboxylic acids is 2. The Labute approximate surface area is 187 Å². The number of rotatable bonds is 9. The minimum atomic E-state index is -0.631. The second-order valence-corrected chi connectivity index (χ2v) is 8.15. The summed E-state index contributed by atoms with van der Waals surface area (Å²) in [5.74, 6) is -0.352. The fraction of sp³-hybridized carbons (Fsp3) is 0.364. The van der Waals surface area contributed by atoms with Crippen LogP contribution in [0.25, 0.3) is 0 Å². The summed E-state index contributed by atoms with van der Waals surface area (Å²) in [7, 11) is 0. The Hall–Kier alpha value is -1.75. The van der Waals surface area contributed by atoms with Crippen LogP contribution >= 0.6 is 34.8 Å². The van der Waals surface area contributed by atoms with E-state index in [9.17, 15) is 9.59 Å². The van der Waals surface area contributed by atoms with Crippen LogP contribution in [0.2, 0.25) is 15.1 Å². The maximum atomic E-state index is 13.1. The van der Waals surface area contributed by atoms with Crippen molar-refractivity contribution in [3.05, 3.63) is 68.7 Å². The van der Waals surface area contributed by atoms with Crippen molar-refractivity contribution in [1.82, 2.24) is 10.2 Å². The third-order valence-electron chi connectivity index (χ3n) is 4.58. The average Bonchev–Trinajstić information content (AvgIpc) is 2.68. The van der Waals surface area contributed by atoms with Crippen LogP contribution in [0.15, 0.2) is 42.5 Å². The van der Waals surface area contributed by atoms with Crippen LogP contribution in [0.1, 0.15) is 37.8 Å². The number of nitrogens with one attached hydrogen (secondary N) is 1. The third kappa shape index (κ3) is 7.22. The highest BCUT2D eigenvalue weighted by Gasteiger charge is 2.26. The highest BCUT2D eigenvalue weighted by molar-refractivity contribution is 6.42. The van der Waals surface area contributed by atoms with E-state index in [1.807, 2.05) is 6.07 Å². The van der Waals surface area contributed by atoms with Crippen molar-refractivity contribution in [1.29, 1.82) is 0 Å². The first-order valence-electron chi connectivity index (χ1n) is 9.57. The van der Waals surface area contributed by atoms with Crippen molar-refractivity contribution >= 4 is 46.6 Å². The number of halogens is 3. The molecule has 0 bridgehead atoms.